The summed E-state index contributed by atoms with van der Waals surface area (Å²) in [5.41, 5.74) is 2.18. The number of aliphatic hydroxyl groups is 1. The minimum Gasteiger partial charge on any atom is -0.501 e. The second-order valence-corrected chi connectivity index (χ2v) is 4.24. The van der Waals surface area contributed by atoms with Gasteiger partial charge in [-0.1, -0.05) is 5.57 Å². The second kappa shape index (κ2) is 3.97. The third kappa shape index (κ3) is 2.59. The summed E-state index contributed by atoms with van der Waals surface area (Å²) in [6, 6.07) is 0. The zero-order valence-corrected chi connectivity index (χ0v) is 8.47. The molecule has 0 bridgehead atoms. The first kappa shape index (κ1) is 10.3. The highest BCUT2D eigenvalue weighted by Crippen LogP contribution is 2.35. The van der Waals surface area contributed by atoms with Gasteiger partial charge >= 0.3 is 0 Å². The molecule has 0 amide bonds. The van der Waals surface area contributed by atoms with Crippen molar-refractivity contribution in [3.8, 4) is 0 Å². The highest BCUT2D eigenvalue weighted by molar-refractivity contribution is 5.08. The normalized spacial score (nSPS) is 27.8. The molecule has 1 atom stereocenters. The minimum absolute atomic E-state index is 0.120. The van der Waals surface area contributed by atoms with Crippen LogP contribution in [0.25, 0.3) is 0 Å². The Hall–Kier alpha value is -0.760. The monoisotopic (exact) mass is 182 g/mol. The molecule has 1 aliphatic heterocycles. The van der Waals surface area contributed by atoms with Gasteiger partial charge in [-0.25, -0.2) is 0 Å². The standard InChI is InChI=1S/C11H18O2/c1-9(2)4-11(7-12)5-10(3)6-13-8-11/h6,12H,1,4-5,7-8H2,2-3H3/t11-/m1/s1. The van der Waals surface area contributed by atoms with Gasteiger partial charge < -0.3 is 9.84 Å². The van der Waals surface area contributed by atoms with Crippen LogP contribution in [-0.4, -0.2) is 18.3 Å². The van der Waals surface area contributed by atoms with Gasteiger partial charge in [-0.05, 0) is 32.3 Å². The second-order valence-electron chi connectivity index (χ2n) is 4.24. The molecule has 1 rings (SSSR count). The first-order valence-corrected chi connectivity index (χ1v) is 4.60. The maximum Gasteiger partial charge on any atom is 0.0957 e. The first-order chi connectivity index (χ1) is 6.08. The van der Waals surface area contributed by atoms with Gasteiger partial charge in [0.05, 0.1) is 19.5 Å². The Morgan fingerprint density at radius 2 is 2.46 bits per heavy atom. The third-order valence-electron chi connectivity index (χ3n) is 2.34. The maximum absolute atomic E-state index is 9.36. The molecule has 0 radical (unpaired) electrons. The molecular formula is C11H18O2. The Morgan fingerprint density at radius 3 is 2.92 bits per heavy atom. The van der Waals surface area contributed by atoms with Gasteiger partial charge in [0, 0.05) is 5.41 Å². The van der Waals surface area contributed by atoms with E-state index in [1.807, 2.05) is 13.8 Å². The van der Waals surface area contributed by atoms with Crippen molar-refractivity contribution in [1.82, 2.24) is 0 Å². The number of allylic oxidation sites excluding steroid dienone is 2. The lowest BCUT2D eigenvalue weighted by molar-refractivity contribution is 0.0307. The van der Waals surface area contributed by atoms with Crippen molar-refractivity contribution < 1.29 is 9.84 Å². The number of hydrogen-bond acceptors (Lipinski definition) is 2. The Labute approximate surface area is 79.9 Å². The fourth-order valence-electron chi connectivity index (χ4n) is 1.96. The molecule has 2 heteroatoms. The average molecular weight is 182 g/mol. The lowest BCUT2D eigenvalue weighted by Gasteiger charge is -2.34. The molecule has 0 unspecified atom stereocenters. The van der Waals surface area contributed by atoms with Crippen molar-refractivity contribution in [2.24, 2.45) is 5.41 Å². The SMILES string of the molecule is C=C(C)C[C@@]1(CO)COC=C(C)C1. The quantitative estimate of drug-likeness (QED) is 0.678. The zero-order chi connectivity index (χ0) is 9.90. The molecule has 2 nitrogen and oxygen atoms in total. The van der Waals surface area contributed by atoms with E-state index in [4.69, 9.17) is 4.74 Å². The molecule has 74 valence electrons. The van der Waals surface area contributed by atoms with Gasteiger partial charge in [-0.15, -0.1) is 6.58 Å². The van der Waals surface area contributed by atoms with Crippen LogP contribution in [0.2, 0.25) is 0 Å². The summed E-state index contributed by atoms with van der Waals surface area (Å²) in [5.74, 6) is 0. The lowest BCUT2D eigenvalue weighted by atomic mass is 9.77. The lowest BCUT2D eigenvalue weighted by Crippen LogP contribution is -2.33. The van der Waals surface area contributed by atoms with Crippen LogP contribution in [0.1, 0.15) is 26.7 Å². The molecule has 1 N–H and O–H groups in total. The molecule has 0 aromatic heterocycles. The van der Waals surface area contributed by atoms with Crippen LogP contribution in [-0.2, 0) is 4.74 Å². The van der Waals surface area contributed by atoms with Crippen LogP contribution >= 0.6 is 0 Å². The highest BCUT2D eigenvalue weighted by atomic mass is 16.5. The number of aliphatic hydroxyl groups excluding tert-OH is 1. The average Bonchev–Trinajstić information content (AvgIpc) is 2.03. The van der Waals surface area contributed by atoms with E-state index in [0.29, 0.717) is 6.61 Å². The molecule has 0 aromatic carbocycles. The van der Waals surface area contributed by atoms with Gasteiger partial charge in [0.1, 0.15) is 0 Å². The summed E-state index contributed by atoms with van der Waals surface area (Å²) in [7, 11) is 0. The summed E-state index contributed by atoms with van der Waals surface area (Å²) in [6.07, 6.45) is 3.54. The number of rotatable bonds is 3. The molecule has 1 aliphatic rings. The first-order valence-electron chi connectivity index (χ1n) is 4.60. The van der Waals surface area contributed by atoms with Gasteiger partial charge in [0.25, 0.3) is 0 Å². The Bertz CT molecular complexity index is 230. The van der Waals surface area contributed by atoms with Gasteiger partial charge in [-0.2, -0.15) is 0 Å². The van der Waals surface area contributed by atoms with Crippen molar-refractivity contribution in [3.63, 3.8) is 0 Å². The predicted octanol–water partition coefficient (Wildman–Crippen LogP) is 2.26. The molecule has 0 aromatic rings. The molecule has 0 spiro atoms. The summed E-state index contributed by atoms with van der Waals surface area (Å²) >= 11 is 0. The summed E-state index contributed by atoms with van der Waals surface area (Å²) in [4.78, 5) is 0. The predicted molar refractivity (Wildman–Crippen MR) is 53.3 cm³/mol. The van der Waals surface area contributed by atoms with E-state index < -0.39 is 0 Å². The molecule has 0 saturated carbocycles. The minimum atomic E-state index is -0.120. The maximum atomic E-state index is 9.36. The van der Waals surface area contributed by atoms with Crippen LogP contribution in [0.5, 0.6) is 0 Å². The third-order valence-corrected chi connectivity index (χ3v) is 2.34. The number of ether oxygens (including phenoxy) is 1. The smallest absolute Gasteiger partial charge is 0.0957 e. The summed E-state index contributed by atoms with van der Waals surface area (Å²) < 4.78 is 5.33. The van der Waals surface area contributed by atoms with E-state index >= 15 is 0 Å². The van der Waals surface area contributed by atoms with Crippen molar-refractivity contribution in [3.05, 3.63) is 24.0 Å². The van der Waals surface area contributed by atoms with Gasteiger partial charge in [-0.3, -0.25) is 0 Å². The largest absolute Gasteiger partial charge is 0.501 e. The Kier molecular flexibility index (Phi) is 3.15. The Morgan fingerprint density at radius 1 is 1.77 bits per heavy atom. The summed E-state index contributed by atoms with van der Waals surface area (Å²) in [5, 5.41) is 9.36. The van der Waals surface area contributed by atoms with Crippen molar-refractivity contribution in [2.45, 2.75) is 26.7 Å². The number of hydrogen-bond donors (Lipinski definition) is 1. The zero-order valence-electron chi connectivity index (χ0n) is 8.47. The van der Waals surface area contributed by atoms with Gasteiger partial charge in [0.2, 0.25) is 0 Å². The summed E-state index contributed by atoms with van der Waals surface area (Å²) in [6.45, 7) is 8.68. The molecular weight excluding hydrogens is 164 g/mol. The molecule has 13 heavy (non-hydrogen) atoms. The van der Waals surface area contributed by atoms with E-state index in [-0.39, 0.29) is 12.0 Å². The van der Waals surface area contributed by atoms with Crippen molar-refractivity contribution >= 4 is 0 Å². The highest BCUT2D eigenvalue weighted by Gasteiger charge is 2.32. The molecule has 0 fully saturated rings. The van der Waals surface area contributed by atoms with E-state index in [1.165, 1.54) is 5.57 Å². The van der Waals surface area contributed by atoms with Crippen LogP contribution in [0.15, 0.2) is 24.0 Å². The van der Waals surface area contributed by atoms with E-state index in [1.54, 1.807) is 6.26 Å². The topological polar surface area (TPSA) is 29.5 Å². The van der Waals surface area contributed by atoms with Crippen molar-refractivity contribution in [2.75, 3.05) is 13.2 Å². The van der Waals surface area contributed by atoms with Crippen LogP contribution < -0.4 is 0 Å². The van der Waals surface area contributed by atoms with E-state index in [2.05, 4.69) is 6.58 Å². The van der Waals surface area contributed by atoms with Crippen LogP contribution in [0.3, 0.4) is 0 Å². The fourth-order valence-corrected chi connectivity index (χ4v) is 1.96. The van der Waals surface area contributed by atoms with Gasteiger partial charge in [0.15, 0.2) is 0 Å². The Balaban J connectivity index is 2.70. The van der Waals surface area contributed by atoms with E-state index in [9.17, 15) is 5.11 Å². The molecule has 0 saturated heterocycles. The van der Waals surface area contributed by atoms with Crippen LogP contribution in [0, 0.1) is 5.41 Å². The molecule has 1 heterocycles. The fraction of sp³-hybridized carbons (Fsp3) is 0.636. The van der Waals surface area contributed by atoms with E-state index in [0.717, 1.165) is 18.4 Å². The van der Waals surface area contributed by atoms with Crippen molar-refractivity contribution in [1.29, 1.82) is 0 Å². The van der Waals surface area contributed by atoms with Crippen LogP contribution in [0.4, 0.5) is 0 Å². The molecule has 0 aliphatic carbocycles.